The van der Waals surface area contributed by atoms with Gasteiger partial charge in [0.2, 0.25) is 0 Å². The van der Waals surface area contributed by atoms with E-state index >= 15 is 0 Å². The maximum atomic E-state index is 3.90. The maximum absolute atomic E-state index is 3.90. The van der Waals surface area contributed by atoms with Gasteiger partial charge >= 0.3 is 0 Å². The summed E-state index contributed by atoms with van der Waals surface area (Å²) in [6.07, 6.45) is 3.93. The van der Waals surface area contributed by atoms with Gasteiger partial charge in [-0.2, -0.15) is 0 Å². The molecule has 1 heterocycles. The molecule has 0 spiro atoms. The van der Waals surface area contributed by atoms with Crippen LogP contribution >= 0.6 is 0 Å². The molecule has 3 atom stereocenters. The third-order valence-electron chi connectivity index (χ3n) is 4.63. The van der Waals surface area contributed by atoms with E-state index in [-0.39, 0.29) is 0 Å². The van der Waals surface area contributed by atoms with Crippen molar-refractivity contribution < 1.29 is 0 Å². The highest BCUT2D eigenvalue weighted by Crippen LogP contribution is 2.19. The minimum absolute atomic E-state index is 0.658. The quantitative estimate of drug-likeness (QED) is 0.807. The molecule has 1 N–H and O–H groups in total. The molecule has 0 bridgehead atoms. The van der Waals surface area contributed by atoms with Gasteiger partial charge in [-0.3, -0.25) is 4.90 Å². The lowest BCUT2D eigenvalue weighted by atomic mass is 10.0. The molecule has 0 amide bonds. The summed E-state index contributed by atoms with van der Waals surface area (Å²) >= 11 is 0. The molecule has 1 aliphatic heterocycles. The van der Waals surface area contributed by atoms with E-state index in [1.54, 1.807) is 0 Å². The lowest BCUT2D eigenvalue weighted by Crippen LogP contribution is -2.47. The summed E-state index contributed by atoms with van der Waals surface area (Å²) in [6, 6.07) is 2.09. The molecule has 1 rings (SSSR count). The average molecular weight is 254 g/mol. The minimum atomic E-state index is 0.658. The Balaban J connectivity index is 2.68. The molecule has 1 fully saturated rings. The summed E-state index contributed by atoms with van der Waals surface area (Å²) in [6.45, 7) is 16.6. The van der Waals surface area contributed by atoms with Crippen LogP contribution in [0.1, 0.15) is 60.8 Å². The Hall–Kier alpha value is -0.0800. The number of hydrogen-bond donors (Lipinski definition) is 1. The van der Waals surface area contributed by atoms with E-state index in [1.807, 2.05) is 0 Å². The maximum Gasteiger partial charge on any atom is 0.0220 e. The van der Waals surface area contributed by atoms with Crippen LogP contribution in [0.2, 0.25) is 0 Å². The van der Waals surface area contributed by atoms with E-state index in [0.29, 0.717) is 12.1 Å². The van der Waals surface area contributed by atoms with Crippen molar-refractivity contribution in [2.45, 2.75) is 78.9 Å². The van der Waals surface area contributed by atoms with Crippen LogP contribution in [-0.2, 0) is 0 Å². The van der Waals surface area contributed by atoms with Gasteiger partial charge in [0.1, 0.15) is 0 Å². The lowest BCUT2D eigenvalue weighted by molar-refractivity contribution is 0.156. The Labute approximate surface area is 115 Å². The van der Waals surface area contributed by atoms with Gasteiger partial charge in [-0.15, -0.1) is 0 Å². The van der Waals surface area contributed by atoms with Crippen LogP contribution in [0.3, 0.4) is 0 Å². The highest BCUT2D eigenvalue weighted by atomic mass is 15.2. The van der Waals surface area contributed by atoms with Crippen LogP contribution in [-0.4, -0.2) is 36.1 Å². The van der Waals surface area contributed by atoms with Gasteiger partial charge in [-0.25, -0.2) is 0 Å². The Bertz CT molecular complexity index is 225. The molecule has 0 aliphatic carbocycles. The molecular formula is C16H34N2. The molecule has 0 aromatic heterocycles. The van der Waals surface area contributed by atoms with Gasteiger partial charge in [0.05, 0.1) is 0 Å². The normalized spacial score (nSPS) is 28.7. The Morgan fingerprint density at radius 2 is 1.83 bits per heavy atom. The second-order valence-corrected chi connectivity index (χ2v) is 6.77. The van der Waals surface area contributed by atoms with Gasteiger partial charge in [-0.1, -0.05) is 41.0 Å². The molecule has 3 unspecified atom stereocenters. The fourth-order valence-corrected chi connectivity index (χ4v) is 2.88. The summed E-state index contributed by atoms with van der Waals surface area (Å²) in [4.78, 5) is 2.71. The van der Waals surface area contributed by atoms with Gasteiger partial charge in [0.25, 0.3) is 0 Å². The molecule has 108 valence electrons. The first kappa shape index (κ1) is 16.0. The van der Waals surface area contributed by atoms with E-state index in [4.69, 9.17) is 0 Å². The zero-order valence-electron chi connectivity index (χ0n) is 13.4. The average Bonchev–Trinajstić information content (AvgIpc) is 2.51. The smallest absolute Gasteiger partial charge is 0.0220 e. The highest BCUT2D eigenvalue weighted by molar-refractivity contribution is 4.86. The van der Waals surface area contributed by atoms with Crippen molar-refractivity contribution in [3.63, 3.8) is 0 Å². The molecule has 0 aromatic carbocycles. The topological polar surface area (TPSA) is 15.3 Å². The first-order chi connectivity index (χ1) is 8.45. The summed E-state index contributed by atoms with van der Waals surface area (Å²) in [5, 5.41) is 3.90. The Morgan fingerprint density at radius 1 is 1.17 bits per heavy atom. The molecule has 2 heteroatoms. The molecule has 1 aliphatic rings. The van der Waals surface area contributed by atoms with Crippen LogP contribution in [0.15, 0.2) is 0 Å². The van der Waals surface area contributed by atoms with E-state index in [9.17, 15) is 0 Å². The molecule has 18 heavy (non-hydrogen) atoms. The first-order valence-electron chi connectivity index (χ1n) is 7.95. The van der Waals surface area contributed by atoms with E-state index in [1.165, 1.54) is 32.4 Å². The summed E-state index contributed by atoms with van der Waals surface area (Å²) in [7, 11) is 0. The van der Waals surface area contributed by atoms with Gasteiger partial charge < -0.3 is 5.32 Å². The van der Waals surface area contributed by atoms with E-state index in [0.717, 1.165) is 17.9 Å². The zero-order valence-corrected chi connectivity index (χ0v) is 13.4. The first-order valence-corrected chi connectivity index (χ1v) is 7.95. The van der Waals surface area contributed by atoms with Gasteiger partial charge in [0.15, 0.2) is 0 Å². The van der Waals surface area contributed by atoms with Crippen LogP contribution in [0, 0.1) is 11.8 Å². The van der Waals surface area contributed by atoms with Crippen molar-refractivity contribution in [1.82, 2.24) is 10.2 Å². The molecule has 2 nitrogen and oxygen atoms in total. The second-order valence-electron chi connectivity index (χ2n) is 6.77. The molecule has 0 radical (unpaired) electrons. The lowest BCUT2D eigenvalue weighted by Gasteiger charge is -2.33. The standard InChI is InChI=1S/C16H34N2/c1-7-8-15-9-10-18(14(6)12(2)3)11-16(17-15)13(4)5/h12-17H,7-11H2,1-6H3. The van der Waals surface area contributed by atoms with Crippen molar-refractivity contribution in [3.05, 3.63) is 0 Å². The monoisotopic (exact) mass is 254 g/mol. The largest absolute Gasteiger partial charge is 0.310 e. The third kappa shape index (κ3) is 4.55. The molecule has 0 saturated carbocycles. The summed E-state index contributed by atoms with van der Waals surface area (Å²) in [5.74, 6) is 1.48. The Morgan fingerprint density at radius 3 is 2.33 bits per heavy atom. The van der Waals surface area contributed by atoms with E-state index in [2.05, 4.69) is 51.8 Å². The van der Waals surface area contributed by atoms with Crippen molar-refractivity contribution in [2.24, 2.45) is 11.8 Å². The van der Waals surface area contributed by atoms with Gasteiger partial charge in [0, 0.05) is 24.7 Å². The number of nitrogens with one attached hydrogen (secondary N) is 1. The van der Waals surface area contributed by atoms with Gasteiger partial charge in [-0.05, 0) is 38.1 Å². The van der Waals surface area contributed by atoms with Crippen LogP contribution in [0.4, 0.5) is 0 Å². The summed E-state index contributed by atoms with van der Waals surface area (Å²) < 4.78 is 0. The Kier molecular flexibility index (Phi) is 6.65. The minimum Gasteiger partial charge on any atom is -0.310 e. The van der Waals surface area contributed by atoms with E-state index < -0.39 is 0 Å². The SMILES string of the molecule is CCCC1CCN(C(C)C(C)C)CC(C(C)C)N1. The van der Waals surface area contributed by atoms with Crippen molar-refractivity contribution in [2.75, 3.05) is 13.1 Å². The van der Waals surface area contributed by atoms with Crippen molar-refractivity contribution in [1.29, 1.82) is 0 Å². The molecular weight excluding hydrogens is 220 g/mol. The molecule has 1 saturated heterocycles. The molecule has 0 aromatic rings. The van der Waals surface area contributed by atoms with Crippen molar-refractivity contribution >= 4 is 0 Å². The van der Waals surface area contributed by atoms with Crippen LogP contribution in [0.25, 0.3) is 0 Å². The number of nitrogens with zero attached hydrogens (tertiary/aromatic N) is 1. The predicted molar refractivity (Wildman–Crippen MR) is 80.9 cm³/mol. The zero-order chi connectivity index (χ0) is 13.7. The number of hydrogen-bond acceptors (Lipinski definition) is 2. The van der Waals surface area contributed by atoms with Crippen LogP contribution < -0.4 is 5.32 Å². The third-order valence-corrected chi connectivity index (χ3v) is 4.63. The second kappa shape index (κ2) is 7.49. The number of rotatable bonds is 5. The fraction of sp³-hybridized carbons (Fsp3) is 1.00. The fourth-order valence-electron chi connectivity index (χ4n) is 2.88. The predicted octanol–water partition coefficient (Wildman–Crippen LogP) is 3.52. The summed E-state index contributed by atoms with van der Waals surface area (Å²) in [5.41, 5.74) is 0. The highest BCUT2D eigenvalue weighted by Gasteiger charge is 2.28. The van der Waals surface area contributed by atoms with Crippen LogP contribution in [0.5, 0.6) is 0 Å². The van der Waals surface area contributed by atoms with Crippen molar-refractivity contribution in [3.8, 4) is 0 Å².